The van der Waals surface area contributed by atoms with Gasteiger partial charge in [-0.15, -0.1) is 0 Å². The third-order valence-electron chi connectivity index (χ3n) is 4.62. The molecule has 2 rings (SSSR count). The van der Waals surface area contributed by atoms with Gasteiger partial charge in [0, 0.05) is 12.0 Å². The first-order valence-corrected chi connectivity index (χ1v) is 6.99. The van der Waals surface area contributed by atoms with E-state index in [0.717, 1.165) is 24.6 Å². The van der Waals surface area contributed by atoms with E-state index in [1.807, 2.05) is 0 Å². The Kier molecular flexibility index (Phi) is 4.28. The number of piperidine rings is 1. The zero-order valence-electron chi connectivity index (χ0n) is 11.0. The van der Waals surface area contributed by atoms with E-state index in [0.29, 0.717) is 6.71 Å². The van der Waals surface area contributed by atoms with Gasteiger partial charge in [-0.3, -0.25) is 0 Å². The zero-order chi connectivity index (χ0) is 12.3. The fourth-order valence-corrected chi connectivity index (χ4v) is 3.33. The molecule has 2 nitrogen and oxygen atoms in total. The first kappa shape index (κ1) is 12.7. The van der Waals surface area contributed by atoms with Crippen LogP contribution in [0.2, 0.25) is 12.6 Å². The van der Waals surface area contributed by atoms with Crippen molar-refractivity contribution in [3.63, 3.8) is 0 Å². The van der Waals surface area contributed by atoms with E-state index in [4.69, 9.17) is 5.26 Å². The van der Waals surface area contributed by atoms with Crippen LogP contribution in [0.5, 0.6) is 0 Å². The Morgan fingerprint density at radius 3 is 2.29 bits per heavy atom. The van der Waals surface area contributed by atoms with Crippen LogP contribution in [-0.2, 0) is 0 Å². The monoisotopic (exact) mass is 230 g/mol. The number of nitriles is 1. The van der Waals surface area contributed by atoms with Crippen molar-refractivity contribution in [3.8, 4) is 5.97 Å². The highest BCUT2D eigenvalue weighted by atomic mass is 15.2. The molecule has 0 spiro atoms. The van der Waals surface area contributed by atoms with Gasteiger partial charge in [-0.1, -0.05) is 24.8 Å². The Morgan fingerprint density at radius 1 is 1.24 bits per heavy atom. The summed E-state index contributed by atoms with van der Waals surface area (Å²) < 4.78 is 0. The van der Waals surface area contributed by atoms with E-state index in [2.05, 4.69) is 24.4 Å². The van der Waals surface area contributed by atoms with Gasteiger partial charge in [0.15, 0.2) is 0 Å². The van der Waals surface area contributed by atoms with Crippen molar-refractivity contribution < 1.29 is 0 Å². The molecule has 2 aliphatic heterocycles. The topological polar surface area (TPSA) is 27.0 Å². The van der Waals surface area contributed by atoms with E-state index in [1.54, 1.807) is 0 Å². The summed E-state index contributed by atoms with van der Waals surface area (Å²) in [5, 5.41) is 8.91. The highest BCUT2D eigenvalue weighted by Gasteiger charge is 2.30. The van der Waals surface area contributed by atoms with Crippen LogP contribution in [0, 0.1) is 17.1 Å². The molecule has 0 bridgehead atoms. The lowest BCUT2D eigenvalue weighted by atomic mass is 9.42. The average Bonchev–Trinajstić information content (AvgIpc) is 2.39. The van der Waals surface area contributed by atoms with E-state index >= 15 is 0 Å². The third-order valence-corrected chi connectivity index (χ3v) is 4.62. The SMILES string of the molecule is C=C(C)C1CCN(C2CCB(C#N)CC2)CC1. The Balaban J connectivity index is 1.78. The highest BCUT2D eigenvalue weighted by molar-refractivity contribution is 6.67. The van der Waals surface area contributed by atoms with Crippen LogP contribution < -0.4 is 0 Å². The maximum absolute atomic E-state index is 8.91. The molecule has 0 aromatic heterocycles. The molecule has 0 unspecified atom stereocenters. The van der Waals surface area contributed by atoms with Gasteiger partial charge in [-0.05, 0) is 51.6 Å². The lowest BCUT2D eigenvalue weighted by molar-refractivity contribution is 0.132. The van der Waals surface area contributed by atoms with Crippen molar-refractivity contribution in [2.75, 3.05) is 13.1 Å². The first-order chi connectivity index (χ1) is 8.20. The predicted octanol–water partition coefficient (Wildman–Crippen LogP) is 2.99. The van der Waals surface area contributed by atoms with Gasteiger partial charge in [0.05, 0.1) is 0 Å². The second-order valence-electron chi connectivity index (χ2n) is 5.79. The molecule has 0 radical (unpaired) electrons. The maximum Gasteiger partial charge on any atom is 0.267 e. The fourth-order valence-electron chi connectivity index (χ4n) is 3.33. The summed E-state index contributed by atoms with van der Waals surface area (Å²) in [5.74, 6) is 3.17. The molecule has 17 heavy (non-hydrogen) atoms. The summed E-state index contributed by atoms with van der Waals surface area (Å²) in [7, 11) is 0. The van der Waals surface area contributed by atoms with E-state index in [9.17, 15) is 0 Å². The molecular weight excluding hydrogens is 207 g/mol. The lowest BCUT2D eigenvalue weighted by Crippen LogP contribution is -2.44. The van der Waals surface area contributed by atoms with E-state index in [-0.39, 0.29) is 0 Å². The summed E-state index contributed by atoms with van der Waals surface area (Å²) in [6.07, 6.45) is 7.26. The second kappa shape index (κ2) is 5.73. The molecule has 2 aliphatic rings. The molecule has 2 heterocycles. The van der Waals surface area contributed by atoms with Crippen LogP contribution in [0.3, 0.4) is 0 Å². The summed E-state index contributed by atoms with van der Waals surface area (Å²) in [5.41, 5.74) is 1.36. The summed E-state index contributed by atoms with van der Waals surface area (Å²) in [4.78, 5) is 2.66. The second-order valence-corrected chi connectivity index (χ2v) is 5.79. The number of hydrogen-bond donors (Lipinski definition) is 0. The molecule has 3 heteroatoms. The van der Waals surface area contributed by atoms with Crippen LogP contribution >= 0.6 is 0 Å². The van der Waals surface area contributed by atoms with Gasteiger partial charge in [0.25, 0.3) is 6.71 Å². The molecule has 2 saturated heterocycles. The molecule has 0 saturated carbocycles. The quantitative estimate of drug-likeness (QED) is 0.538. The van der Waals surface area contributed by atoms with Gasteiger partial charge in [0.2, 0.25) is 0 Å². The Labute approximate surface area is 106 Å². The molecule has 0 aliphatic carbocycles. The van der Waals surface area contributed by atoms with Crippen molar-refractivity contribution in [1.82, 2.24) is 4.90 Å². The molecule has 0 amide bonds. The summed E-state index contributed by atoms with van der Waals surface area (Å²) >= 11 is 0. The molecule has 0 aromatic rings. The van der Waals surface area contributed by atoms with E-state index < -0.39 is 0 Å². The van der Waals surface area contributed by atoms with Gasteiger partial charge in [0.1, 0.15) is 0 Å². The number of allylic oxidation sites excluding steroid dienone is 1. The highest BCUT2D eigenvalue weighted by Crippen LogP contribution is 2.29. The minimum absolute atomic E-state index is 0.333. The molecule has 0 N–H and O–H groups in total. The van der Waals surface area contributed by atoms with Crippen LogP contribution in [0.15, 0.2) is 12.2 Å². The smallest absolute Gasteiger partial charge is 0.267 e. The lowest BCUT2D eigenvalue weighted by Gasteiger charge is -2.39. The van der Waals surface area contributed by atoms with Crippen LogP contribution in [0.25, 0.3) is 0 Å². The Hall–Kier alpha value is -0.745. The van der Waals surface area contributed by atoms with E-state index in [1.165, 1.54) is 44.3 Å². The normalized spacial score (nSPS) is 24.6. The maximum atomic E-state index is 8.91. The summed E-state index contributed by atoms with van der Waals surface area (Å²) in [6.45, 7) is 9.05. The van der Waals surface area contributed by atoms with Crippen molar-refractivity contribution in [1.29, 1.82) is 5.26 Å². The third kappa shape index (κ3) is 3.13. The van der Waals surface area contributed by atoms with Gasteiger partial charge in [-0.2, -0.15) is 0 Å². The zero-order valence-corrected chi connectivity index (χ0v) is 11.0. The largest absolute Gasteiger partial charge is 0.300 e. The van der Waals surface area contributed by atoms with Crippen molar-refractivity contribution in [2.24, 2.45) is 5.92 Å². The molecule has 0 atom stereocenters. The predicted molar refractivity (Wildman–Crippen MR) is 73.1 cm³/mol. The van der Waals surface area contributed by atoms with Crippen LogP contribution in [0.1, 0.15) is 32.6 Å². The number of nitrogens with zero attached hydrogens (tertiary/aromatic N) is 2. The number of hydrogen-bond acceptors (Lipinski definition) is 2. The molecule has 0 aromatic carbocycles. The summed E-state index contributed by atoms with van der Waals surface area (Å²) in [6, 6.07) is 0.755. The minimum Gasteiger partial charge on any atom is -0.300 e. The fraction of sp³-hybridized carbons (Fsp3) is 0.786. The standard InChI is InChI=1S/C14H23BN2/c1-12(2)13-5-9-17(10-6-13)14-3-7-15(11-16)8-4-14/h13-14H,1,3-10H2,2H3. The van der Waals surface area contributed by atoms with Gasteiger partial charge < -0.3 is 4.90 Å². The van der Waals surface area contributed by atoms with Crippen molar-refractivity contribution >= 4 is 6.71 Å². The van der Waals surface area contributed by atoms with Crippen molar-refractivity contribution in [3.05, 3.63) is 12.2 Å². The Morgan fingerprint density at radius 2 is 1.82 bits per heavy atom. The number of rotatable bonds is 2. The van der Waals surface area contributed by atoms with Gasteiger partial charge >= 0.3 is 0 Å². The van der Waals surface area contributed by atoms with Gasteiger partial charge in [-0.25, -0.2) is 5.26 Å². The van der Waals surface area contributed by atoms with Crippen LogP contribution in [-0.4, -0.2) is 30.7 Å². The molecule has 92 valence electrons. The minimum atomic E-state index is 0.333. The Bertz CT molecular complexity index is 305. The average molecular weight is 230 g/mol. The number of likely N-dealkylation sites (tertiary alicyclic amines) is 1. The molecular formula is C14H23BN2. The molecule has 2 fully saturated rings. The van der Waals surface area contributed by atoms with Crippen molar-refractivity contribution in [2.45, 2.75) is 51.3 Å². The first-order valence-electron chi connectivity index (χ1n) is 6.99. The van der Waals surface area contributed by atoms with Crippen LogP contribution in [0.4, 0.5) is 0 Å².